The molecule has 0 saturated heterocycles. The number of non-ortho nitro benzene ring substituents is 1. The first-order valence-electron chi connectivity index (χ1n) is 5.17. The van der Waals surface area contributed by atoms with Crippen molar-refractivity contribution >= 4 is 28.9 Å². The summed E-state index contributed by atoms with van der Waals surface area (Å²) in [5.41, 5.74) is 0.794. The molecule has 0 aliphatic rings. The molecule has 1 aromatic carbocycles. The van der Waals surface area contributed by atoms with Crippen molar-refractivity contribution in [3.05, 3.63) is 68.4 Å². The fourth-order valence-electron chi connectivity index (χ4n) is 1.38. The molecule has 5 heteroatoms. The fraction of sp³-hybridized carbons (Fsp3) is 0. The predicted octanol–water partition coefficient (Wildman–Crippen LogP) is 3.55. The van der Waals surface area contributed by atoms with Crippen molar-refractivity contribution in [2.75, 3.05) is 0 Å². The monoisotopic (exact) mass is 259 g/mol. The molecule has 0 radical (unpaired) electrons. The summed E-state index contributed by atoms with van der Waals surface area (Å²) < 4.78 is 0. The van der Waals surface area contributed by atoms with Crippen LogP contribution in [0.2, 0.25) is 0 Å². The molecule has 0 N–H and O–H groups in total. The van der Waals surface area contributed by atoms with Crippen LogP contribution < -0.4 is 0 Å². The van der Waals surface area contributed by atoms with Gasteiger partial charge >= 0.3 is 0 Å². The van der Waals surface area contributed by atoms with Gasteiger partial charge in [-0.25, -0.2) is 0 Å². The Morgan fingerprint density at radius 2 is 1.94 bits per heavy atom. The highest BCUT2D eigenvalue weighted by atomic mass is 32.1. The molecule has 2 rings (SSSR count). The van der Waals surface area contributed by atoms with E-state index in [0.29, 0.717) is 4.88 Å². The quantitative estimate of drug-likeness (QED) is 0.365. The molecule has 0 unspecified atom stereocenters. The second-order valence-electron chi connectivity index (χ2n) is 3.52. The van der Waals surface area contributed by atoms with Crippen LogP contribution in [-0.2, 0) is 0 Å². The molecule has 0 saturated carbocycles. The van der Waals surface area contributed by atoms with E-state index in [4.69, 9.17) is 0 Å². The number of rotatable bonds is 4. The fourth-order valence-corrected chi connectivity index (χ4v) is 2.03. The summed E-state index contributed by atoms with van der Waals surface area (Å²) in [5, 5.41) is 12.3. The van der Waals surface area contributed by atoms with E-state index in [2.05, 4.69) is 0 Å². The molecule has 0 fully saturated rings. The highest BCUT2D eigenvalue weighted by Gasteiger charge is 2.04. The number of thiophene rings is 1. The summed E-state index contributed by atoms with van der Waals surface area (Å²) in [4.78, 5) is 22.4. The number of nitro groups is 1. The Bertz CT molecular complexity index is 585. The first-order chi connectivity index (χ1) is 8.66. The average Bonchev–Trinajstić information content (AvgIpc) is 2.90. The van der Waals surface area contributed by atoms with Gasteiger partial charge in [0, 0.05) is 12.1 Å². The number of hydrogen-bond donors (Lipinski definition) is 0. The molecule has 0 atom stereocenters. The second-order valence-corrected chi connectivity index (χ2v) is 4.47. The Morgan fingerprint density at radius 1 is 1.22 bits per heavy atom. The Kier molecular flexibility index (Phi) is 3.64. The van der Waals surface area contributed by atoms with E-state index in [0.717, 1.165) is 5.56 Å². The Labute approximate surface area is 107 Å². The molecule has 4 nitrogen and oxygen atoms in total. The lowest BCUT2D eigenvalue weighted by Crippen LogP contribution is -1.89. The molecule has 1 aromatic heterocycles. The third kappa shape index (κ3) is 2.89. The number of nitrogens with zero attached hydrogens (tertiary/aromatic N) is 1. The number of carbonyl (C=O) groups excluding carboxylic acids is 1. The third-order valence-electron chi connectivity index (χ3n) is 2.30. The first-order valence-corrected chi connectivity index (χ1v) is 6.05. The van der Waals surface area contributed by atoms with E-state index in [9.17, 15) is 14.9 Å². The van der Waals surface area contributed by atoms with Crippen LogP contribution in [0.25, 0.3) is 6.08 Å². The number of benzene rings is 1. The van der Waals surface area contributed by atoms with Crippen molar-refractivity contribution in [1.82, 2.24) is 0 Å². The van der Waals surface area contributed by atoms with Gasteiger partial charge in [0.2, 0.25) is 0 Å². The van der Waals surface area contributed by atoms with E-state index in [1.165, 1.54) is 29.5 Å². The second kappa shape index (κ2) is 5.37. The summed E-state index contributed by atoms with van der Waals surface area (Å²) in [7, 11) is 0. The standard InChI is InChI=1S/C13H9NO3S/c15-12(13-2-1-9-18-13)8-5-10-3-6-11(7-4-10)14(16)17/h1-9H/b8-5-. The van der Waals surface area contributed by atoms with Crippen LogP contribution in [0.1, 0.15) is 15.2 Å². The third-order valence-corrected chi connectivity index (χ3v) is 3.18. The van der Waals surface area contributed by atoms with Gasteiger partial charge in [0.05, 0.1) is 9.80 Å². The van der Waals surface area contributed by atoms with Crippen LogP contribution in [0, 0.1) is 10.1 Å². The molecule has 0 aliphatic carbocycles. The minimum absolute atomic E-state index is 0.0386. The van der Waals surface area contributed by atoms with Gasteiger partial charge in [0.25, 0.3) is 5.69 Å². The highest BCUT2D eigenvalue weighted by Crippen LogP contribution is 2.14. The maximum atomic E-state index is 11.7. The van der Waals surface area contributed by atoms with Crippen molar-refractivity contribution < 1.29 is 9.72 Å². The van der Waals surface area contributed by atoms with Crippen LogP contribution in [0.15, 0.2) is 47.9 Å². The average molecular weight is 259 g/mol. The Morgan fingerprint density at radius 3 is 2.50 bits per heavy atom. The van der Waals surface area contributed by atoms with Gasteiger partial charge in [-0.1, -0.05) is 12.1 Å². The van der Waals surface area contributed by atoms with Crippen LogP contribution in [-0.4, -0.2) is 10.7 Å². The normalized spacial score (nSPS) is 10.7. The zero-order chi connectivity index (χ0) is 13.0. The lowest BCUT2D eigenvalue weighted by atomic mass is 10.1. The van der Waals surface area contributed by atoms with E-state index in [1.54, 1.807) is 24.3 Å². The SMILES string of the molecule is O=C(/C=C\c1ccc([N+](=O)[O-])cc1)c1cccs1. The zero-order valence-electron chi connectivity index (χ0n) is 9.28. The topological polar surface area (TPSA) is 60.2 Å². The van der Waals surface area contributed by atoms with E-state index < -0.39 is 4.92 Å². The Hall–Kier alpha value is -2.27. The lowest BCUT2D eigenvalue weighted by Gasteiger charge is -1.93. The van der Waals surface area contributed by atoms with Gasteiger partial charge in [0.15, 0.2) is 5.78 Å². The summed E-state index contributed by atoms with van der Waals surface area (Å²) in [6.07, 6.45) is 3.11. The minimum atomic E-state index is -0.454. The molecule has 0 amide bonds. The molecule has 0 bridgehead atoms. The molecular weight excluding hydrogens is 250 g/mol. The van der Waals surface area contributed by atoms with Gasteiger partial charge in [-0.15, -0.1) is 11.3 Å². The van der Waals surface area contributed by atoms with Crippen LogP contribution in [0.3, 0.4) is 0 Å². The van der Waals surface area contributed by atoms with Crippen LogP contribution in [0.5, 0.6) is 0 Å². The number of nitro benzene ring substituents is 1. The first kappa shape index (κ1) is 12.2. The van der Waals surface area contributed by atoms with Gasteiger partial charge in [-0.2, -0.15) is 0 Å². The summed E-state index contributed by atoms with van der Waals surface area (Å²) in [6, 6.07) is 9.61. The van der Waals surface area contributed by atoms with Crippen molar-refractivity contribution in [3.8, 4) is 0 Å². The van der Waals surface area contributed by atoms with Crippen LogP contribution in [0.4, 0.5) is 5.69 Å². The number of hydrogen-bond acceptors (Lipinski definition) is 4. The number of ketones is 1. The van der Waals surface area contributed by atoms with E-state index in [-0.39, 0.29) is 11.5 Å². The van der Waals surface area contributed by atoms with Crippen molar-refractivity contribution in [3.63, 3.8) is 0 Å². The van der Waals surface area contributed by atoms with E-state index >= 15 is 0 Å². The smallest absolute Gasteiger partial charge is 0.269 e. The maximum absolute atomic E-state index is 11.7. The van der Waals surface area contributed by atoms with Gasteiger partial charge in [-0.3, -0.25) is 14.9 Å². The molecule has 2 aromatic rings. The molecular formula is C13H9NO3S. The van der Waals surface area contributed by atoms with Gasteiger partial charge in [0.1, 0.15) is 0 Å². The van der Waals surface area contributed by atoms with Crippen molar-refractivity contribution in [2.24, 2.45) is 0 Å². The minimum Gasteiger partial charge on any atom is -0.288 e. The zero-order valence-corrected chi connectivity index (χ0v) is 10.1. The summed E-state index contributed by atoms with van der Waals surface area (Å²) in [5.74, 6) is -0.0663. The van der Waals surface area contributed by atoms with Crippen molar-refractivity contribution in [1.29, 1.82) is 0 Å². The lowest BCUT2D eigenvalue weighted by molar-refractivity contribution is -0.384. The highest BCUT2D eigenvalue weighted by molar-refractivity contribution is 7.12. The number of allylic oxidation sites excluding steroid dienone is 1. The van der Waals surface area contributed by atoms with Crippen LogP contribution >= 0.6 is 11.3 Å². The molecule has 90 valence electrons. The summed E-state index contributed by atoms with van der Waals surface area (Å²) in [6.45, 7) is 0. The van der Waals surface area contributed by atoms with E-state index in [1.807, 2.05) is 11.4 Å². The Balaban J connectivity index is 2.09. The van der Waals surface area contributed by atoms with Gasteiger partial charge < -0.3 is 0 Å². The predicted molar refractivity (Wildman–Crippen MR) is 70.8 cm³/mol. The molecule has 0 spiro atoms. The maximum Gasteiger partial charge on any atom is 0.269 e. The van der Waals surface area contributed by atoms with Crippen molar-refractivity contribution in [2.45, 2.75) is 0 Å². The van der Waals surface area contributed by atoms with Gasteiger partial charge in [-0.05, 0) is 35.2 Å². The summed E-state index contributed by atoms with van der Waals surface area (Å²) >= 11 is 1.38. The largest absolute Gasteiger partial charge is 0.288 e. The number of carbonyl (C=O) groups is 1. The molecule has 1 heterocycles. The molecule has 0 aliphatic heterocycles. The molecule has 18 heavy (non-hydrogen) atoms.